The van der Waals surface area contributed by atoms with E-state index in [4.69, 9.17) is 23.7 Å². The van der Waals surface area contributed by atoms with Crippen LogP contribution in [0.25, 0.3) is 0 Å². The lowest BCUT2D eigenvalue weighted by Gasteiger charge is -2.24. The zero-order chi connectivity index (χ0) is 31.0. The van der Waals surface area contributed by atoms with Crippen molar-refractivity contribution in [2.24, 2.45) is 10.4 Å². The molecular weight excluding hydrogens is 551 g/mol. The smallest absolute Gasteiger partial charge is 0.256 e. The third kappa shape index (κ3) is 7.97. The van der Waals surface area contributed by atoms with Gasteiger partial charge in [-0.3, -0.25) is 9.79 Å². The lowest BCUT2D eigenvalue weighted by Crippen LogP contribution is -2.35. The van der Waals surface area contributed by atoms with Crippen LogP contribution < -0.4 is 23.7 Å². The number of hydrogen-bond donors (Lipinski definition) is 0. The number of carbonyl (C=O) groups is 1. The average molecular weight is 593 g/mol. The zero-order valence-electron chi connectivity index (χ0n) is 25.8. The molecule has 0 aromatic heterocycles. The van der Waals surface area contributed by atoms with Gasteiger partial charge in [-0.05, 0) is 67.1 Å². The summed E-state index contributed by atoms with van der Waals surface area (Å²) < 4.78 is 41.1. The summed E-state index contributed by atoms with van der Waals surface area (Å²) >= 11 is 0. The Morgan fingerprint density at radius 2 is 1.58 bits per heavy atom. The molecule has 5 rings (SSSR count). The van der Waals surface area contributed by atoms with E-state index in [0.717, 1.165) is 38.0 Å². The van der Waals surface area contributed by atoms with Gasteiger partial charge in [0.15, 0.2) is 23.1 Å². The van der Waals surface area contributed by atoms with E-state index >= 15 is 0 Å². The lowest BCUT2D eigenvalue weighted by molar-refractivity contribution is 0.0774. The van der Waals surface area contributed by atoms with Crippen LogP contribution in [0.15, 0.2) is 59.6 Å². The highest BCUT2D eigenvalue weighted by molar-refractivity contribution is 6.03. The molecule has 3 aromatic carbocycles. The van der Waals surface area contributed by atoms with Gasteiger partial charge in [-0.15, -0.1) is 0 Å². The van der Waals surface area contributed by atoms with Crippen LogP contribution in [0.5, 0.6) is 34.5 Å². The largest absolute Gasteiger partial charge is 0.497 e. The number of benzene rings is 3. The quantitative estimate of drug-likeness (QED) is 0.239. The van der Waals surface area contributed by atoms with Crippen LogP contribution in [0.2, 0.25) is 0 Å². The second kappa shape index (κ2) is 14.3. The minimum Gasteiger partial charge on any atom is -0.497 e. The van der Waals surface area contributed by atoms with Crippen molar-refractivity contribution in [3.8, 4) is 34.5 Å². The second-order valence-corrected chi connectivity index (χ2v) is 11.3. The number of rotatable bonds is 10. The van der Waals surface area contributed by atoms with Gasteiger partial charge in [-0.1, -0.05) is 27.2 Å². The summed E-state index contributed by atoms with van der Waals surface area (Å²) in [6.45, 7) is 7.79. The van der Waals surface area contributed by atoms with E-state index in [1.54, 1.807) is 69.9 Å². The third-order valence-corrected chi connectivity index (χ3v) is 7.43. The molecule has 0 bridgehead atoms. The van der Waals surface area contributed by atoms with Gasteiger partial charge in [0.25, 0.3) is 5.91 Å². The van der Waals surface area contributed by atoms with Gasteiger partial charge in [0.2, 0.25) is 0 Å². The molecule has 1 unspecified atom stereocenters. The van der Waals surface area contributed by atoms with Crippen LogP contribution in [0.3, 0.4) is 0 Å². The number of aliphatic imine (C=N–C) groups is 1. The number of fused-ring (bicyclic) bond motifs is 2. The standard InChI is InChI=1S/C20H25FO3.C14H16N2O3/c1-5-12-20(2,3)14-23-17-10-11-19(18(21)13-17)24-16-8-6-15(22-4)7-9-16;1-18-12-6-10-11(7-13(12)19-2)15-8-9-4-3-5-16(9)14(10)17/h6-11,13H,5,12,14H2,1-4H3;6-9H,3-5H2,1-2H3. The Balaban J connectivity index is 0.000000202. The maximum atomic E-state index is 14.2. The predicted octanol–water partition coefficient (Wildman–Crippen LogP) is 7.86. The first-order valence-corrected chi connectivity index (χ1v) is 14.5. The predicted molar refractivity (Wildman–Crippen MR) is 165 cm³/mol. The highest BCUT2D eigenvalue weighted by Gasteiger charge is 2.32. The molecule has 0 radical (unpaired) electrons. The zero-order valence-corrected chi connectivity index (χ0v) is 25.8. The molecule has 1 saturated heterocycles. The van der Waals surface area contributed by atoms with Crippen molar-refractivity contribution < 1.29 is 32.9 Å². The van der Waals surface area contributed by atoms with E-state index in [-0.39, 0.29) is 23.1 Å². The SMILES string of the molecule is CCCC(C)(C)COc1ccc(Oc2ccc(OC)cc2)c(F)c1.COc1cc2c(cc1OC)C(=O)N1CCCC1C=N2. The Hall–Kier alpha value is -4.27. The molecule has 0 N–H and O–H groups in total. The molecule has 1 amide bonds. The van der Waals surface area contributed by atoms with Gasteiger partial charge >= 0.3 is 0 Å². The third-order valence-electron chi connectivity index (χ3n) is 7.43. The van der Waals surface area contributed by atoms with Crippen molar-refractivity contribution in [1.29, 1.82) is 0 Å². The Morgan fingerprint density at radius 1 is 0.907 bits per heavy atom. The minimum atomic E-state index is -0.448. The Kier molecular flexibility index (Phi) is 10.5. The van der Waals surface area contributed by atoms with Gasteiger partial charge < -0.3 is 28.6 Å². The number of amides is 1. The van der Waals surface area contributed by atoms with Gasteiger partial charge in [0.1, 0.15) is 17.2 Å². The first kappa shape index (κ1) is 31.7. The molecule has 0 aliphatic carbocycles. The van der Waals surface area contributed by atoms with Crippen LogP contribution in [0.1, 0.15) is 56.8 Å². The van der Waals surface area contributed by atoms with Gasteiger partial charge in [-0.25, -0.2) is 4.39 Å². The van der Waals surface area contributed by atoms with Crippen molar-refractivity contribution in [1.82, 2.24) is 4.90 Å². The molecule has 2 heterocycles. The number of nitrogens with zero attached hydrogens (tertiary/aromatic N) is 2. The van der Waals surface area contributed by atoms with Crippen LogP contribution in [-0.2, 0) is 0 Å². The van der Waals surface area contributed by atoms with Crippen molar-refractivity contribution in [2.75, 3.05) is 34.5 Å². The fourth-order valence-corrected chi connectivity index (χ4v) is 5.12. The molecular formula is C34H41FN2O6. The van der Waals surface area contributed by atoms with Gasteiger partial charge in [-0.2, -0.15) is 0 Å². The minimum absolute atomic E-state index is 0.0240. The normalized spacial score (nSPS) is 15.5. The van der Waals surface area contributed by atoms with E-state index in [9.17, 15) is 9.18 Å². The summed E-state index contributed by atoms with van der Waals surface area (Å²) in [5, 5.41) is 0. The summed E-state index contributed by atoms with van der Waals surface area (Å²) in [6.07, 6.45) is 6.04. The fraction of sp³-hybridized carbons (Fsp3) is 0.412. The van der Waals surface area contributed by atoms with E-state index in [0.29, 0.717) is 40.9 Å². The Labute approximate surface area is 253 Å². The molecule has 2 aliphatic rings. The molecule has 2 aliphatic heterocycles. The van der Waals surface area contributed by atoms with Gasteiger partial charge in [0, 0.05) is 24.9 Å². The van der Waals surface area contributed by atoms with Crippen LogP contribution in [-0.4, -0.2) is 57.5 Å². The molecule has 43 heavy (non-hydrogen) atoms. The average Bonchev–Trinajstić information content (AvgIpc) is 3.44. The highest BCUT2D eigenvalue weighted by Crippen LogP contribution is 2.38. The Morgan fingerprint density at radius 3 is 2.23 bits per heavy atom. The molecule has 3 aromatic rings. The summed E-state index contributed by atoms with van der Waals surface area (Å²) in [5.74, 6) is 2.68. The van der Waals surface area contributed by atoms with Crippen molar-refractivity contribution >= 4 is 17.8 Å². The molecule has 1 fully saturated rings. The second-order valence-electron chi connectivity index (χ2n) is 11.3. The van der Waals surface area contributed by atoms with Crippen molar-refractivity contribution in [3.63, 3.8) is 0 Å². The number of ether oxygens (including phenoxy) is 5. The molecule has 0 spiro atoms. The number of halogens is 1. The maximum absolute atomic E-state index is 14.2. The summed E-state index contributed by atoms with van der Waals surface area (Å²) in [7, 11) is 4.73. The monoisotopic (exact) mass is 592 g/mol. The number of methoxy groups -OCH3 is 3. The highest BCUT2D eigenvalue weighted by atomic mass is 19.1. The van der Waals surface area contributed by atoms with Gasteiger partial charge in [0.05, 0.1) is 45.2 Å². The van der Waals surface area contributed by atoms with Crippen LogP contribution >= 0.6 is 0 Å². The first-order valence-electron chi connectivity index (χ1n) is 14.5. The number of carbonyl (C=O) groups excluding carboxylic acids is 1. The summed E-state index contributed by atoms with van der Waals surface area (Å²) in [5.41, 5.74) is 1.30. The first-order chi connectivity index (χ1) is 20.7. The molecule has 8 nitrogen and oxygen atoms in total. The van der Waals surface area contributed by atoms with E-state index in [1.165, 1.54) is 6.07 Å². The summed E-state index contributed by atoms with van der Waals surface area (Å²) in [6, 6.07) is 15.3. The topological polar surface area (TPSA) is 78.8 Å². The fourth-order valence-electron chi connectivity index (χ4n) is 5.12. The Bertz CT molecular complexity index is 1420. The summed E-state index contributed by atoms with van der Waals surface area (Å²) in [4.78, 5) is 18.9. The number of hydrogen-bond acceptors (Lipinski definition) is 7. The van der Waals surface area contributed by atoms with Crippen molar-refractivity contribution in [3.05, 3.63) is 66.0 Å². The molecule has 0 saturated carbocycles. The lowest BCUT2D eigenvalue weighted by atomic mass is 9.89. The maximum Gasteiger partial charge on any atom is 0.256 e. The van der Waals surface area contributed by atoms with Crippen molar-refractivity contribution in [2.45, 2.75) is 52.5 Å². The molecule has 230 valence electrons. The molecule has 9 heteroatoms. The van der Waals surface area contributed by atoms with E-state index in [2.05, 4.69) is 25.8 Å². The van der Waals surface area contributed by atoms with E-state index in [1.807, 2.05) is 11.1 Å². The molecule has 1 atom stereocenters. The van der Waals surface area contributed by atoms with Crippen LogP contribution in [0, 0.1) is 11.2 Å². The van der Waals surface area contributed by atoms with E-state index < -0.39 is 5.82 Å². The van der Waals surface area contributed by atoms with Crippen LogP contribution in [0.4, 0.5) is 10.1 Å².